The molecule has 4 rings (SSSR count). The molecule has 0 atom stereocenters. The summed E-state index contributed by atoms with van der Waals surface area (Å²) in [6, 6.07) is 14.7. The maximum Gasteiger partial charge on any atom is 0.225 e. The molecule has 1 saturated carbocycles. The third-order valence-corrected chi connectivity index (χ3v) is 4.84. The number of aryl methyl sites for hydroxylation is 2. The highest BCUT2D eigenvalue weighted by Gasteiger charge is 2.17. The number of aromatic nitrogens is 3. The van der Waals surface area contributed by atoms with E-state index in [0.29, 0.717) is 12.0 Å². The van der Waals surface area contributed by atoms with Gasteiger partial charge in [-0.15, -0.1) is 0 Å². The average Bonchev–Trinajstić information content (AvgIpc) is 3.14. The SMILES string of the molecule is Cc1cc(C)cc(Nc2cc(-c3ccccn3)nc(NC3CCCC3)n2)c1. The molecule has 3 aromatic rings. The number of hydrogen-bond acceptors (Lipinski definition) is 5. The van der Waals surface area contributed by atoms with Gasteiger partial charge < -0.3 is 10.6 Å². The van der Waals surface area contributed by atoms with E-state index in [0.717, 1.165) is 22.9 Å². The first-order valence-electron chi connectivity index (χ1n) is 9.58. The van der Waals surface area contributed by atoms with Crippen molar-refractivity contribution in [1.29, 1.82) is 0 Å². The third kappa shape index (κ3) is 4.42. The minimum absolute atomic E-state index is 0.457. The predicted octanol–water partition coefficient (Wildman–Crippen LogP) is 5.25. The zero-order valence-electron chi connectivity index (χ0n) is 15.9. The molecule has 0 bridgehead atoms. The summed E-state index contributed by atoms with van der Waals surface area (Å²) >= 11 is 0. The monoisotopic (exact) mass is 359 g/mol. The van der Waals surface area contributed by atoms with Gasteiger partial charge >= 0.3 is 0 Å². The highest BCUT2D eigenvalue weighted by Crippen LogP contribution is 2.26. The quantitative estimate of drug-likeness (QED) is 0.651. The zero-order chi connectivity index (χ0) is 18.6. The van der Waals surface area contributed by atoms with Crippen LogP contribution in [0.2, 0.25) is 0 Å². The van der Waals surface area contributed by atoms with Crippen LogP contribution in [0.4, 0.5) is 17.5 Å². The van der Waals surface area contributed by atoms with Gasteiger partial charge in [-0.3, -0.25) is 4.98 Å². The van der Waals surface area contributed by atoms with Gasteiger partial charge in [-0.1, -0.05) is 25.0 Å². The topological polar surface area (TPSA) is 62.7 Å². The summed E-state index contributed by atoms with van der Waals surface area (Å²) in [4.78, 5) is 13.9. The molecular weight excluding hydrogens is 334 g/mol. The van der Waals surface area contributed by atoms with Crippen molar-refractivity contribution >= 4 is 17.5 Å². The lowest BCUT2D eigenvalue weighted by Crippen LogP contribution is -2.17. The fourth-order valence-corrected chi connectivity index (χ4v) is 3.67. The molecule has 138 valence electrons. The maximum absolute atomic E-state index is 4.72. The Kier molecular flexibility index (Phi) is 5.01. The van der Waals surface area contributed by atoms with Gasteiger partial charge in [-0.2, -0.15) is 4.98 Å². The van der Waals surface area contributed by atoms with Crippen molar-refractivity contribution in [1.82, 2.24) is 15.0 Å². The van der Waals surface area contributed by atoms with Crippen molar-refractivity contribution in [2.24, 2.45) is 0 Å². The fourth-order valence-electron chi connectivity index (χ4n) is 3.67. The van der Waals surface area contributed by atoms with Crippen LogP contribution in [-0.2, 0) is 0 Å². The van der Waals surface area contributed by atoms with Gasteiger partial charge in [0.1, 0.15) is 5.82 Å². The number of anilines is 3. The Hall–Kier alpha value is -2.95. The van der Waals surface area contributed by atoms with Crippen LogP contribution >= 0.6 is 0 Å². The van der Waals surface area contributed by atoms with Crippen LogP contribution in [0, 0.1) is 13.8 Å². The zero-order valence-corrected chi connectivity index (χ0v) is 15.9. The van der Waals surface area contributed by atoms with Gasteiger partial charge in [-0.25, -0.2) is 4.98 Å². The van der Waals surface area contributed by atoms with E-state index in [1.807, 2.05) is 24.3 Å². The summed E-state index contributed by atoms with van der Waals surface area (Å²) in [6.45, 7) is 4.20. The van der Waals surface area contributed by atoms with Crippen molar-refractivity contribution in [3.8, 4) is 11.4 Å². The van der Waals surface area contributed by atoms with Crippen molar-refractivity contribution in [2.75, 3.05) is 10.6 Å². The molecular formula is C22H25N5. The lowest BCUT2D eigenvalue weighted by atomic mass is 10.1. The Labute approximate surface area is 160 Å². The minimum atomic E-state index is 0.457. The Balaban J connectivity index is 1.68. The normalized spacial score (nSPS) is 14.3. The molecule has 0 radical (unpaired) electrons. The second-order valence-electron chi connectivity index (χ2n) is 7.30. The van der Waals surface area contributed by atoms with Crippen LogP contribution in [0.3, 0.4) is 0 Å². The molecule has 0 amide bonds. The summed E-state index contributed by atoms with van der Waals surface area (Å²) in [7, 11) is 0. The van der Waals surface area contributed by atoms with E-state index < -0.39 is 0 Å². The molecule has 0 aliphatic heterocycles. The molecule has 0 saturated heterocycles. The summed E-state index contributed by atoms with van der Waals surface area (Å²) in [6.07, 6.45) is 6.68. The number of pyridine rings is 1. The standard InChI is InChI=1S/C22H25N5/c1-15-11-16(2)13-18(12-15)24-21-14-20(19-9-5-6-10-23-19)26-22(27-21)25-17-7-3-4-8-17/h5-6,9-14,17H,3-4,7-8H2,1-2H3,(H2,24,25,26,27). The molecule has 2 N–H and O–H groups in total. The summed E-state index contributed by atoms with van der Waals surface area (Å²) in [5.74, 6) is 1.44. The average molecular weight is 359 g/mol. The summed E-state index contributed by atoms with van der Waals surface area (Å²) in [5.41, 5.74) is 5.14. The maximum atomic E-state index is 4.72. The Bertz CT molecular complexity index is 897. The Morgan fingerprint density at radius 2 is 1.67 bits per heavy atom. The van der Waals surface area contributed by atoms with Gasteiger partial charge in [0.05, 0.1) is 11.4 Å². The van der Waals surface area contributed by atoms with Crippen molar-refractivity contribution in [3.63, 3.8) is 0 Å². The fraction of sp³-hybridized carbons (Fsp3) is 0.318. The van der Waals surface area contributed by atoms with Gasteiger partial charge in [0.15, 0.2) is 0 Å². The second-order valence-corrected chi connectivity index (χ2v) is 7.30. The van der Waals surface area contributed by atoms with E-state index in [-0.39, 0.29) is 0 Å². The van der Waals surface area contributed by atoms with E-state index in [2.05, 4.69) is 47.7 Å². The van der Waals surface area contributed by atoms with Crippen molar-refractivity contribution < 1.29 is 0 Å². The van der Waals surface area contributed by atoms with Crippen LogP contribution in [0.5, 0.6) is 0 Å². The molecule has 2 aromatic heterocycles. The smallest absolute Gasteiger partial charge is 0.225 e. The van der Waals surface area contributed by atoms with Crippen LogP contribution in [0.15, 0.2) is 48.7 Å². The summed E-state index contributed by atoms with van der Waals surface area (Å²) in [5, 5.41) is 6.95. The number of hydrogen-bond donors (Lipinski definition) is 2. The lowest BCUT2D eigenvalue weighted by molar-refractivity contribution is 0.744. The van der Waals surface area contributed by atoms with E-state index in [1.54, 1.807) is 6.20 Å². The minimum Gasteiger partial charge on any atom is -0.351 e. The lowest BCUT2D eigenvalue weighted by Gasteiger charge is -2.15. The van der Waals surface area contributed by atoms with Crippen molar-refractivity contribution in [2.45, 2.75) is 45.6 Å². The molecule has 5 nitrogen and oxygen atoms in total. The van der Waals surface area contributed by atoms with Crippen LogP contribution in [0.1, 0.15) is 36.8 Å². The first kappa shape index (κ1) is 17.5. The molecule has 1 aromatic carbocycles. The molecule has 1 aliphatic carbocycles. The van der Waals surface area contributed by atoms with Crippen LogP contribution < -0.4 is 10.6 Å². The third-order valence-electron chi connectivity index (χ3n) is 4.84. The number of nitrogens with zero attached hydrogens (tertiary/aromatic N) is 3. The Morgan fingerprint density at radius 3 is 2.37 bits per heavy atom. The number of benzene rings is 1. The molecule has 2 heterocycles. The van der Waals surface area contributed by atoms with Gasteiger partial charge in [0.2, 0.25) is 5.95 Å². The van der Waals surface area contributed by atoms with Gasteiger partial charge in [-0.05, 0) is 62.1 Å². The molecule has 1 aliphatic rings. The molecule has 27 heavy (non-hydrogen) atoms. The second kappa shape index (κ2) is 7.74. The van der Waals surface area contributed by atoms with Gasteiger partial charge in [0.25, 0.3) is 0 Å². The molecule has 1 fully saturated rings. The first-order chi connectivity index (χ1) is 13.2. The molecule has 0 unspecified atom stereocenters. The molecule has 5 heteroatoms. The van der Waals surface area contributed by atoms with E-state index in [9.17, 15) is 0 Å². The van der Waals surface area contributed by atoms with E-state index in [4.69, 9.17) is 9.97 Å². The van der Waals surface area contributed by atoms with E-state index in [1.165, 1.54) is 36.8 Å². The number of nitrogens with one attached hydrogen (secondary N) is 2. The van der Waals surface area contributed by atoms with Crippen LogP contribution in [0.25, 0.3) is 11.4 Å². The molecule has 0 spiro atoms. The summed E-state index contributed by atoms with van der Waals surface area (Å²) < 4.78 is 0. The van der Waals surface area contributed by atoms with Crippen molar-refractivity contribution in [3.05, 3.63) is 59.8 Å². The largest absolute Gasteiger partial charge is 0.351 e. The first-order valence-corrected chi connectivity index (χ1v) is 9.58. The number of rotatable bonds is 5. The highest BCUT2D eigenvalue weighted by atomic mass is 15.2. The van der Waals surface area contributed by atoms with Gasteiger partial charge in [0, 0.05) is 24.0 Å². The van der Waals surface area contributed by atoms with Crippen LogP contribution in [-0.4, -0.2) is 21.0 Å². The Morgan fingerprint density at radius 1 is 0.889 bits per heavy atom. The highest BCUT2D eigenvalue weighted by molar-refractivity contribution is 5.66. The predicted molar refractivity (Wildman–Crippen MR) is 110 cm³/mol. The van der Waals surface area contributed by atoms with E-state index >= 15 is 0 Å².